The van der Waals surface area contributed by atoms with Gasteiger partial charge < -0.3 is 0 Å². The van der Waals surface area contributed by atoms with Crippen LogP contribution in [0.25, 0.3) is 0 Å². The summed E-state index contributed by atoms with van der Waals surface area (Å²) in [5.74, 6) is 0. The monoisotopic (exact) mass is 119 g/mol. The number of rotatable bonds is 0. The van der Waals surface area contributed by atoms with E-state index in [1.165, 1.54) is 11.1 Å². The van der Waals surface area contributed by atoms with Gasteiger partial charge in [-0.2, -0.15) is 0 Å². The van der Waals surface area contributed by atoms with Crippen LogP contribution >= 0.6 is 0 Å². The van der Waals surface area contributed by atoms with Gasteiger partial charge in [-0.1, -0.05) is 24.3 Å². The van der Waals surface area contributed by atoms with Crippen LogP contribution in [0.2, 0.25) is 0 Å². The molecule has 0 unspecified atom stereocenters. The van der Waals surface area contributed by atoms with E-state index in [1.54, 1.807) is 0 Å². The third-order valence-corrected chi connectivity index (χ3v) is 1.55. The van der Waals surface area contributed by atoms with E-state index in [-0.39, 0.29) is 1.43 Å². The van der Waals surface area contributed by atoms with Crippen molar-refractivity contribution in [2.45, 2.75) is 6.54 Å². The van der Waals surface area contributed by atoms with Crippen molar-refractivity contribution in [1.82, 2.24) is 0 Å². The van der Waals surface area contributed by atoms with Gasteiger partial charge in [-0.15, -0.1) is 0 Å². The molecule has 1 aromatic carbocycles. The molecule has 1 aliphatic heterocycles. The van der Waals surface area contributed by atoms with Crippen molar-refractivity contribution in [2.75, 3.05) is 0 Å². The molecule has 0 aliphatic carbocycles. The number of hydrogen-bond acceptors (Lipinski definition) is 1. The zero-order chi connectivity index (χ0) is 6.10. The third-order valence-electron chi connectivity index (χ3n) is 1.55. The van der Waals surface area contributed by atoms with E-state index >= 15 is 0 Å². The Balaban J connectivity index is 0.000000500. The standard InChI is InChI=1S/C8H7N.H2/c1-2-4-8-6-9-5-7(8)3-1;/h1-5H,6H2;1H. The van der Waals surface area contributed by atoms with E-state index in [4.69, 9.17) is 0 Å². The quantitative estimate of drug-likeness (QED) is 0.494. The molecule has 0 aromatic heterocycles. The number of hydrogen-bond donors (Lipinski definition) is 0. The van der Waals surface area contributed by atoms with Crippen LogP contribution in [0, 0.1) is 0 Å². The lowest BCUT2D eigenvalue weighted by molar-refractivity contribution is 1.11. The summed E-state index contributed by atoms with van der Waals surface area (Å²) in [7, 11) is 0. The predicted molar refractivity (Wildman–Crippen MR) is 39.9 cm³/mol. The van der Waals surface area contributed by atoms with Crippen molar-refractivity contribution in [3.8, 4) is 0 Å². The largest absolute Gasteiger partial charge is 0.288 e. The van der Waals surface area contributed by atoms with Gasteiger partial charge in [-0.05, 0) is 11.1 Å². The van der Waals surface area contributed by atoms with Crippen LogP contribution in [0.4, 0.5) is 0 Å². The van der Waals surface area contributed by atoms with E-state index in [0.29, 0.717) is 0 Å². The summed E-state index contributed by atoms with van der Waals surface area (Å²) in [5, 5.41) is 0. The molecule has 1 nitrogen and oxygen atoms in total. The highest BCUT2D eigenvalue weighted by molar-refractivity contribution is 5.84. The molecule has 1 heterocycles. The Bertz CT molecular complexity index is 255. The van der Waals surface area contributed by atoms with Gasteiger partial charge in [0.15, 0.2) is 0 Å². The molecular formula is C8H9N. The Morgan fingerprint density at radius 1 is 1.33 bits per heavy atom. The Morgan fingerprint density at radius 3 is 3.11 bits per heavy atom. The molecular weight excluding hydrogens is 110 g/mol. The van der Waals surface area contributed by atoms with Gasteiger partial charge in [-0.3, -0.25) is 4.99 Å². The molecule has 1 aliphatic rings. The van der Waals surface area contributed by atoms with Crippen LogP contribution < -0.4 is 0 Å². The second-order valence-corrected chi connectivity index (χ2v) is 2.17. The maximum Gasteiger partial charge on any atom is 0.0646 e. The van der Waals surface area contributed by atoms with Gasteiger partial charge >= 0.3 is 0 Å². The smallest absolute Gasteiger partial charge is 0.0646 e. The SMILES string of the molecule is C1=NCc2ccccc21.[HH]. The summed E-state index contributed by atoms with van der Waals surface area (Å²) in [5.41, 5.74) is 2.62. The molecule has 9 heavy (non-hydrogen) atoms. The minimum Gasteiger partial charge on any atom is -0.288 e. The molecule has 0 saturated heterocycles. The highest BCUT2D eigenvalue weighted by Crippen LogP contribution is 2.12. The number of benzene rings is 1. The molecule has 0 fully saturated rings. The molecule has 0 saturated carbocycles. The van der Waals surface area contributed by atoms with Gasteiger partial charge in [0.1, 0.15) is 0 Å². The van der Waals surface area contributed by atoms with Gasteiger partial charge in [0, 0.05) is 7.64 Å². The fourth-order valence-electron chi connectivity index (χ4n) is 1.05. The van der Waals surface area contributed by atoms with E-state index in [1.807, 2.05) is 18.3 Å². The normalized spacial score (nSPS) is 13.8. The molecule has 0 spiro atoms. The lowest BCUT2D eigenvalue weighted by Crippen LogP contribution is -1.79. The fourth-order valence-corrected chi connectivity index (χ4v) is 1.05. The van der Waals surface area contributed by atoms with E-state index in [0.717, 1.165) is 6.54 Å². The minimum absolute atomic E-state index is 0. The summed E-state index contributed by atoms with van der Waals surface area (Å²) in [4.78, 5) is 4.13. The second kappa shape index (κ2) is 1.69. The van der Waals surface area contributed by atoms with Gasteiger partial charge in [0.05, 0.1) is 6.54 Å². The minimum atomic E-state index is 0. The molecule has 1 heteroatoms. The first-order valence-electron chi connectivity index (χ1n) is 3.04. The molecule has 0 atom stereocenters. The zero-order valence-electron chi connectivity index (χ0n) is 5.04. The zero-order valence-corrected chi connectivity index (χ0v) is 5.04. The molecule has 0 N–H and O–H groups in total. The Hall–Kier alpha value is -1.11. The fraction of sp³-hybridized carbons (Fsp3) is 0.125. The second-order valence-electron chi connectivity index (χ2n) is 2.17. The van der Waals surface area contributed by atoms with Crippen LogP contribution in [0.1, 0.15) is 12.6 Å². The van der Waals surface area contributed by atoms with Gasteiger partial charge in [0.2, 0.25) is 0 Å². The van der Waals surface area contributed by atoms with E-state index < -0.39 is 0 Å². The first-order chi connectivity index (χ1) is 4.47. The van der Waals surface area contributed by atoms with Crippen molar-refractivity contribution in [3.05, 3.63) is 35.4 Å². The van der Waals surface area contributed by atoms with Crippen LogP contribution in [0.15, 0.2) is 29.3 Å². The van der Waals surface area contributed by atoms with E-state index in [9.17, 15) is 0 Å². The van der Waals surface area contributed by atoms with Crippen molar-refractivity contribution in [3.63, 3.8) is 0 Å². The van der Waals surface area contributed by atoms with Crippen LogP contribution in [-0.2, 0) is 6.54 Å². The first-order valence-corrected chi connectivity index (χ1v) is 3.04. The van der Waals surface area contributed by atoms with Crippen LogP contribution in [0.5, 0.6) is 0 Å². The van der Waals surface area contributed by atoms with Crippen LogP contribution in [-0.4, -0.2) is 6.21 Å². The van der Waals surface area contributed by atoms with Crippen LogP contribution in [0.3, 0.4) is 0 Å². The van der Waals surface area contributed by atoms with E-state index in [2.05, 4.69) is 17.1 Å². The number of nitrogens with zero attached hydrogens (tertiary/aromatic N) is 1. The number of aliphatic imine (C=N–C) groups is 1. The predicted octanol–water partition coefficient (Wildman–Crippen LogP) is 1.87. The average molecular weight is 119 g/mol. The summed E-state index contributed by atoms with van der Waals surface area (Å²) < 4.78 is 0. The van der Waals surface area contributed by atoms with Crippen molar-refractivity contribution < 1.29 is 1.43 Å². The lowest BCUT2D eigenvalue weighted by Gasteiger charge is -1.91. The first kappa shape index (κ1) is 4.74. The lowest BCUT2D eigenvalue weighted by atomic mass is 10.1. The molecule has 46 valence electrons. The number of fused-ring (bicyclic) bond motifs is 1. The third kappa shape index (κ3) is 0.653. The maximum atomic E-state index is 4.13. The van der Waals surface area contributed by atoms with Crippen molar-refractivity contribution >= 4 is 6.21 Å². The van der Waals surface area contributed by atoms with Gasteiger partial charge in [0.25, 0.3) is 0 Å². The summed E-state index contributed by atoms with van der Waals surface area (Å²) in [6.07, 6.45) is 1.93. The molecule has 0 bridgehead atoms. The topological polar surface area (TPSA) is 12.4 Å². The molecule has 2 rings (SSSR count). The maximum absolute atomic E-state index is 4.13. The highest BCUT2D eigenvalue weighted by atomic mass is 14.7. The Labute approximate surface area is 55.5 Å². The van der Waals surface area contributed by atoms with Gasteiger partial charge in [-0.25, -0.2) is 0 Å². The highest BCUT2D eigenvalue weighted by Gasteiger charge is 2.01. The van der Waals surface area contributed by atoms with Crippen molar-refractivity contribution in [1.29, 1.82) is 0 Å². The Kier molecular flexibility index (Phi) is 0.890. The molecule has 0 radical (unpaired) electrons. The molecule has 1 aromatic rings. The Morgan fingerprint density at radius 2 is 2.22 bits per heavy atom. The summed E-state index contributed by atoms with van der Waals surface area (Å²) in [6.45, 7) is 0.871. The van der Waals surface area contributed by atoms with Crippen molar-refractivity contribution in [2.24, 2.45) is 4.99 Å². The average Bonchev–Trinajstić information content (AvgIpc) is 2.33. The summed E-state index contributed by atoms with van der Waals surface area (Å²) >= 11 is 0. The molecule has 0 amide bonds. The summed E-state index contributed by atoms with van der Waals surface area (Å²) in [6, 6.07) is 8.29.